The molecule has 0 spiro atoms. The number of alkyl halides is 5. The Morgan fingerprint density at radius 3 is 2.45 bits per heavy atom. The molecule has 1 aromatic rings. The standard InChI is InChI=1S/C10H7F5N2O5/c1-2-21-9(18)6-4(7(11)12)3-5(17(19)20)8(16-6)22-10(13,14)15/h3,7H,2H2,1H3. The molecular weight excluding hydrogens is 323 g/mol. The highest BCUT2D eigenvalue weighted by Gasteiger charge is 2.38. The second-order valence-corrected chi connectivity index (χ2v) is 3.58. The van der Waals surface area contributed by atoms with Gasteiger partial charge < -0.3 is 9.47 Å². The summed E-state index contributed by atoms with van der Waals surface area (Å²) in [5, 5.41) is 10.6. The van der Waals surface area contributed by atoms with Crippen LogP contribution in [0.4, 0.5) is 27.6 Å². The smallest absolute Gasteiger partial charge is 0.461 e. The number of hydrogen-bond acceptors (Lipinski definition) is 6. The summed E-state index contributed by atoms with van der Waals surface area (Å²) >= 11 is 0. The molecule has 22 heavy (non-hydrogen) atoms. The van der Waals surface area contributed by atoms with E-state index in [-0.39, 0.29) is 12.7 Å². The molecule has 1 aromatic heterocycles. The monoisotopic (exact) mass is 330 g/mol. The van der Waals surface area contributed by atoms with Gasteiger partial charge in [0.15, 0.2) is 5.69 Å². The number of rotatable bonds is 5. The van der Waals surface area contributed by atoms with E-state index in [2.05, 4.69) is 14.5 Å². The maximum atomic E-state index is 12.8. The molecule has 0 saturated carbocycles. The summed E-state index contributed by atoms with van der Waals surface area (Å²) in [5.74, 6) is -3.09. The predicted octanol–water partition coefficient (Wildman–Crippen LogP) is 3.00. The minimum Gasteiger partial charge on any atom is -0.461 e. The average molecular weight is 330 g/mol. The highest BCUT2D eigenvalue weighted by Crippen LogP contribution is 2.35. The quantitative estimate of drug-likeness (QED) is 0.357. The van der Waals surface area contributed by atoms with Gasteiger partial charge in [0, 0.05) is 6.07 Å². The third-order valence-electron chi connectivity index (χ3n) is 2.11. The van der Waals surface area contributed by atoms with Crippen molar-refractivity contribution in [3.63, 3.8) is 0 Å². The van der Waals surface area contributed by atoms with Crippen molar-refractivity contribution < 1.29 is 41.1 Å². The zero-order valence-corrected chi connectivity index (χ0v) is 10.7. The molecule has 1 heterocycles. The number of esters is 1. The van der Waals surface area contributed by atoms with E-state index in [4.69, 9.17) is 0 Å². The number of carbonyl (C=O) groups excluding carboxylic acids is 1. The number of hydrogen-bond donors (Lipinski definition) is 0. The van der Waals surface area contributed by atoms with Crippen molar-refractivity contribution in [2.75, 3.05) is 6.61 Å². The maximum Gasteiger partial charge on any atom is 0.574 e. The molecule has 0 bridgehead atoms. The Labute approximate surface area is 118 Å². The van der Waals surface area contributed by atoms with Crippen molar-refractivity contribution in [3.8, 4) is 5.88 Å². The van der Waals surface area contributed by atoms with Crippen molar-refractivity contribution in [3.05, 3.63) is 27.4 Å². The molecule has 12 heteroatoms. The van der Waals surface area contributed by atoms with Crippen molar-refractivity contribution >= 4 is 11.7 Å². The first-order valence-corrected chi connectivity index (χ1v) is 5.47. The Hall–Kier alpha value is -2.53. The van der Waals surface area contributed by atoms with Crippen LogP contribution in [0.3, 0.4) is 0 Å². The fraction of sp³-hybridized carbons (Fsp3) is 0.400. The summed E-state index contributed by atoms with van der Waals surface area (Å²) in [6.45, 7) is 1.05. The predicted molar refractivity (Wildman–Crippen MR) is 58.5 cm³/mol. The van der Waals surface area contributed by atoms with Gasteiger partial charge in [0.2, 0.25) is 0 Å². The van der Waals surface area contributed by atoms with E-state index in [1.165, 1.54) is 6.92 Å². The number of ether oxygens (including phenoxy) is 2. The Morgan fingerprint density at radius 2 is 2.05 bits per heavy atom. The van der Waals surface area contributed by atoms with Crippen molar-refractivity contribution in [2.24, 2.45) is 0 Å². The van der Waals surface area contributed by atoms with E-state index in [1.807, 2.05) is 0 Å². The van der Waals surface area contributed by atoms with Gasteiger partial charge in [0.25, 0.3) is 6.43 Å². The van der Waals surface area contributed by atoms with Crippen LogP contribution in [0.5, 0.6) is 5.88 Å². The molecule has 0 unspecified atom stereocenters. The average Bonchev–Trinajstić information content (AvgIpc) is 2.35. The minimum atomic E-state index is -5.37. The van der Waals surface area contributed by atoms with Crippen LogP contribution >= 0.6 is 0 Å². The Morgan fingerprint density at radius 1 is 1.45 bits per heavy atom. The lowest BCUT2D eigenvalue weighted by molar-refractivity contribution is -0.389. The lowest BCUT2D eigenvalue weighted by Crippen LogP contribution is -2.21. The summed E-state index contributed by atoms with van der Waals surface area (Å²) in [7, 11) is 0. The number of halogens is 5. The van der Waals surface area contributed by atoms with Crippen LogP contribution < -0.4 is 4.74 Å². The van der Waals surface area contributed by atoms with Gasteiger partial charge >= 0.3 is 23.9 Å². The first-order valence-electron chi connectivity index (χ1n) is 5.47. The van der Waals surface area contributed by atoms with Gasteiger partial charge in [0.1, 0.15) is 0 Å². The van der Waals surface area contributed by atoms with Crippen LogP contribution in [-0.4, -0.2) is 28.8 Å². The van der Waals surface area contributed by atoms with Crippen LogP contribution in [0, 0.1) is 10.1 Å². The topological polar surface area (TPSA) is 91.6 Å². The zero-order valence-electron chi connectivity index (χ0n) is 10.7. The van der Waals surface area contributed by atoms with Crippen LogP contribution in [0.1, 0.15) is 29.4 Å². The van der Waals surface area contributed by atoms with Crippen LogP contribution in [0.15, 0.2) is 6.07 Å². The Kier molecular flexibility index (Phi) is 5.17. The lowest BCUT2D eigenvalue weighted by Gasteiger charge is -2.12. The summed E-state index contributed by atoms with van der Waals surface area (Å²) in [6, 6.07) is 0.0883. The van der Waals surface area contributed by atoms with Gasteiger partial charge in [-0.15, -0.1) is 13.2 Å². The summed E-state index contributed by atoms with van der Waals surface area (Å²) in [6.07, 6.45) is -8.76. The van der Waals surface area contributed by atoms with Crippen LogP contribution in [-0.2, 0) is 4.74 Å². The van der Waals surface area contributed by atoms with Gasteiger partial charge in [0.05, 0.1) is 17.1 Å². The third-order valence-corrected chi connectivity index (χ3v) is 2.11. The fourth-order valence-corrected chi connectivity index (χ4v) is 1.35. The molecule has 0 amide bonds. The minimum absolute atomic E-state index is 0.0883. The Balaban J connectivity index is 3.51. The number of nitrogens with zero attached hydrogens (tertiary/aromatic N) is 2. The second kappa shape index (κ2) is 6.49. The molecule has 0 fully saturated rings. The molecule has 0 radical (unpaired) electrons. The molecule has 0 N–H and O–H groups in total. The largest absolute Gasteiger partial charge is 0.574 e. The summed E-state index contributed by atoms with van der Waals surface area (Å²) < 4.78 is 69.8. The lowest BCUT2D eigenvalue weighted by atomic mass is 10.2. The van der Waals surface area contributed by atoms with Gasteiger partial charge in [-0.2, -0.15) is 4.98 Å². The fourth-order valence-electron chi connectivity index (χ4n) is 1.35. The number of pyridine rings is 1. The maximum absolute atomic E-state index is 12.8. The highest BCUT2D eigenvalue weighted by molar-refractivity contribution is 5.89. The van der Waals surface area contributed by atoms with Crippen LogP contribution in [0.2, 0.25) is 0 Å². The number of carbonyl (C=O) groups is 1. The molecular formula is C10H7F5N2O5. The zero-order chi connectivity index (χ0) is 17.1. The first-order chi connectivity index (χ1) is 10.1. The molecule has 0 aliphatic carbocycles. The second-order valence-electron chi connectivity index (χ2n) is 3.58. The normalized spacial score (nSPS) is 11.4. The van der Waals surface area contributed by atoms with E-state index >= 15 is 0 Å². The molecule has 0 aliphatic heterocycles. The van der Waals surface area contributed by atoms with Crippen LogP contribution in [0.25, 0.3) is 0 Å². The van der Waals surface area contributed by atoms with E-state index in [0.717, 1.165) is 0 Å². The highest BCUT2D eigenvalue weighted by atomic mass is 19.4. The molecule has 0 saturated heterocycles. The molecule has 0 atom stereocenters. The number of aromatic nitrogens is 1. The molecule has 1 rings (SSSR count). The molecule has 7 nitrogen and oxygen atoms in total. The van der Waals surface area contributed by atoms with Crippen molar-refractivity contribution in [1.29, 1.82) is 0 Å². The van der Waals surface area contributed by atoms with Gasteiger partial charge in [-0.1, -0.05) is 0 Å². The third kappa shape index (κ3) is 4.23. The van der Waals surface area contributed by atoms with Crippen molar-refractivity contribution in [2.45, 2.75) is 19.7 Å². The SMILES string of the molecule is CCOC(=O)c1nc(OC(F)(F)F)c([N+](=O)[O-])cc1C(F)F. The Bertz CT molecular complexity index is 590. The summed E-state index contributed by atoms with van der Waals surface area (Å²) in [5.41, 5.74) is -3.89. The molecule has 122 valence electrons. The summed E-state index contributed by atoms with van der Waals surface area (Å²) in [4.78, 5) is 23.6. The van der Waals surface area contributed by atoms with E-state index in [0.29, 0.717) is 0 Å². The van der Waals surface area contributed by atoms with Gasteiger partial charge in [-0.25, -0.2) is 13.6 Å². The van der Waals surface area contributed by atoms with Crippen molar-refractivity contribution in [1.82, 2.24) is 4.98 Å². The van der Waals surface area contributed by atoms with E-state index in [1.54, 1.807) is 0 Å². The first kappa shape index (κ1) is 17.5. The molecule has 0 aromatic carbocycles. The van der Waals surface area contributed by atoms with E-state index in [9.17, 15) is 36.9 Å². The number of nitro groups is 1. The molecule has 0 aliphatic rings. The van der Waals surface area contributed by atoms with Gasteiger partial charge in [-0.05, 0) is 6.92 Å². The van der Waals surface area contributed by atoms with E-state index < -0.39 is 46.5 Å². The van der Waals surface area contributed by atoms with Gasteiger partial charge in [-0.3, -0.25) is 10.1 Å².